The van der Waals surface area contributed by atoms with Crippen molar-refractivity contribution in [1.29, 1.82) is 0 Å². The van der Waals surface area contributed by atoms with E-state index in [1.807, 2.05) is 24.3 Å². The average Bonchev–Trinajstić information content (AvgIpc) is 2.73. The highest BCUT2D eigenvalue weighted by molar-refractivity contribution is 5.90. The molecule has 1 saturated heterocycles. The summed E-state index contributed by atoms with van der Waals surface area (Å²) in [5.41, 5.74) is 2.05. The first kappa shape index (κ1) is 20.2. The number of hydrogen-bond donors (Lipinski definition) is 2. The van der Waals surface area contributed by atoms with Crippen LogP contribution in [-0.4, -0.2) is 62.2 Å². The third-order valence-electron chi connectivity index (χ3n) is 5.01. The molecular formula is C22H30N4O2. The van der Waals surface area contributed by atoms with Gasteiger partial charge < -0.3 is 20.3 Å². The number of carbonyl (C=O) groups excluding carboxylic acids is 1. The van der Waals surface area contributed by atoms with Crippen molar-refractivity contribution in [1.82, 2.24) is 15.1 Å². The van der Waals surface area contributed by atoms with E-state index >= 15 is 0 Å². The SMILES string of the molecule is COc1ccccc1NC(=O)NCCCN1CCN(Cc2ccccc2)CC1. The Kier molecular flexibility index (Phi) is 7.70. The Balaban J connectivity index is 1.29. The fraction of sp³-hybridized carbons (Fsp3) is 0.409. The smallest absolute Gasteiger partial charge is 0.319 e. The third-order valence-corrected chi connectivity index (χ3v) is 5.01. The van der Waals surface area contributed by atoms with E-state index in [9.17, 15) is 4.79 Å². The number of nitrogens with zero attached hydrogens (tertiary/aromatic N) is 2. The Bertz CT molecular complexity index is 730. The average molecular weight is 383 g/mol. The molecule has 150 valence electrons. The molecule has 6 nitrogen and oxygen atoms in total. The first-order valence-corrected chi connectivity index (χ1v) is 9.91. The van der Waals surface area contributed by atoms with E-state index in [0.29, 0.717) is 18.0 Å². The van der Waals surface area contributed by atoms with Gasteiger partial charge in [-0.15, -0.1) is 0 Å². The summed E-state index contributed by atoms with van der Waals surface area (Å²) >= 11 is 0. The fourth-order valence-corrected chi connectivity index (χ4v) is 3.43. The van der Waals surface area contributed by atoms with Crippen LogP contribution in [0.25, 0.3) is 0 Å². The number of methoxy groups -OCH3 is 1. The van der Waals surface area contributed by atoms with Crippen LogP contribution in [0.15, 0.2) is 54.6 Å². The summed E-state index contributed by atoms with van der Waals surface area (Å²) < 4.78 is 5.24. The summed E-state index contributed by atoms with van der Waals surface area (Å²) in [5.74, 6) is 0.658. The lowest BCUT2D eigenvalue weighted by atomic mass is 10.2. The largest absolute Gasteiger partial charge is 0.495 e. The molecule has 0 spiro atoms. The van der Waals surface area contributed by atoms with Gasteiger partial charge in [-0.25, -0.2) is 4.79 Å². The van der Waals surface area contributed by atoms with Crippen LogP contribution in [-0.2, 0) is 6.54 Å². The standard InChI is InChI=1S/C22H30N4O2/c1-28-21-11-6-5-10-20(21)24-22(27)23-12-7-13-25-14-16-26(17-15-25)18-19-8-3-2-4-9-19/h2-6,8-11H,7,12-18H2,1H3,(H2,23,24,27). The highest BCUT2D eigenvalue weighted by Crippen LogP contribution is 2.22. The summed E-state index contributed by atoms with van der Waals surface area (Å²) in [5, 5.41) is 5.75. The summed E-state index contributed by atoms with van der Waals surface area (Å²) in [7, 11) is 1.60. The number of urea groups is 1. The lowest BCUT2D eigenvalue weighted by molar-refractivity contribution is 0.126. The van der Waals surface area contributed by atoms with Crippen molar-refractivity contribution in [3.05, 3.63) is 60.2 Å². The van der Waals surface area contributed by atoms with Crippen LogP contribution in [0.1, 0.15) is 12.0 Å². The van der Waals surface area contributed by atoms with E-state index in [4.69, 9.17) is 4.74 Å². The van der Waals surface area contributed by atoms with Crippen LogP contribution in [0, 0.1) is 0 Å². The second-order valence-electron chi connectivity index (χ2n) is 7.04. The number of benzene rings is 2. The Morgan fingerprint density at radius 3 is 2.39 bits per heavy atom. The second kappa shape index (κ2) is 10.7. The van der Waals surface area contributed by atoms with Crippen LogP contribution in [0.3, 0.4) is 0 Å². The number of ether oxygens (including phenoxy) is 1. The Hall–Kier alpha value is -2.57. The van der Waals surface area contributed by atoms with Gasteiger partial charge in [0.2, 0.25) is 0 Å². The summed E-state index contributed by atoms with van der Waals surface area (Å²) in [6.45, 7) is 7.05. The molecule has 28 heavy (non-hydrogen) atoms. The molecule has 3 rings (SSSR count). The highest BCUT2D eigenvalue weighted by Gasteiger charge is 2.16. The van der Waals surface area contributed by atoms with Gasteiger partial charge in [0.15, 0.2) is 0 Å². The lowest BCUT2D eigenvalue weighted by Gasteiger charge is -2.34. The van der Waals surface area contributed by atoms with Gasteiger partial charge in [0.05, 0.1) is 12.8 Å². The zero-order chi connectivity index (χ0) is 19.6. The number of amides is 2. The van der Waals surface area contributed by atoms with Crippen LogP contribution in [0.4, 0.5) is 10.5 Å². The predicted octanol–water partition coefficient (Wildman–Crippen LogP) is 3.02. The van der Waals surface area contributed by atoms with Gasteiger partial charge >= 0.3 is 6.03 Å². The van der Waals surface area contributed by atoms with Gasteiger partial charge in [0.1, 0.15) is 5.75 Å². The molecule has 2 aromatic carbocycles. The minimum Gasteiger partial charge on any atom is -0.495 e. The van der Waals surface area contributed by atoms with E-state index < -0.39 is 0 Å². The highest BCUT2D eigenvalue weighted by atomic mass is 16.5. The summed E-state index contributed by atoms with van der Waals surface area (Å²) in [6, 6.07) is 17.8. The van der Waals surface area contributed by atoms with Crippen molar-refractivity contribution in [3.8, 4) is 5.75 Å². The monoisotopic (exact) mass is 382 g/mol. The minimum absolute atomic E-state index is 0.197. The number of piperazine rings is 1. The quantitative estimate of drug-likeness (QED) is 0.689. The normalized spacial score (nSPS) is 15.2. The number of rotatable bonds is 8. The zero-order valence-corrected chi connectivity index (χ0v) is 16.6. The van der Waals surface area contributed by atoms with Gasteiger partial charge in [-0.2, -0.15) is 0 Å². The van der Waals surface area contributed by atoms with Crippen LogP contribution in [0.5, 0.6) is 5.75 Å². The van der Waals surface area contributed by atoms with Crippen LogP contribution >= 0.6 is 0 Å². The molecule has 0 radical (unpaired) electrons. The van der Waals surface area contributed by atoms with Crippen molar-refractivity contribution >= 4 is 11.7 Å². The molecule has 2 aromatic rings. The minimum atomic E-state index is -0.197. The van der Waals surface area contributed by atoms with Crippen molar-refractivity contribution < 1.29 is 9.53 Å². The van der Waals surface area contributed by atoms with E-state index in [1.54, 1.807) is 7.11 Å². The van der Waals surface area contributed by atoms with Crippen molar-refractivity contribution in [3.63, 3.8) is 0 Å². The molecular weight excluding hydrogens is 352 g/mol. The third kappa shape index (κ3) is 6.25. The molecule has 0 atom stereocenters. The second-order valence-corrected chi connectivity index (χ2v) is 7.04. The first-order chi connectivity index (χ1) is 13.7. The van der Waals surface area contributed by atoms with Gasteiger partial charge in [0.25, 0.3) is 0 Å². The van der Waals surface area contributed by atoms with E-state index in [0.717, 1.165) is 45.7 Å². The maximum absolute atomic E-state index is 12.1. The van der Waals surface area contributed by atoms with Crippen molar-refractivity contribution in [2.24, 2.45) is 0 Å². The molecule has 0 bridgehead atoms. The molecule has 0 unspecified atom stereocenters. The van der Waals surface area contributed by atoms with E-state index in [-0.39, 0.29) is 6.03 Å². The maximum Gasteiger partial charge on any atom is 0.319 e. The van der Waals surface area contributed by atoms with E-state index in [1.165, 1.54) is 5.56 Å². The zero-order valence-electron chi connectivity index (χ0n) is 16.6. The maximum atomic E-state index is 12.1. The molecule has 1 aliphatic rings. The molecule has 0 aromatic heterocycles. The molecule has 1 fully saturated rings. The molecule has 2 N–H and O–H groups in total. The number of nitrogens with one attached hydrogen (secondary N) is 2. The lowest BCUT2D eigenvalue weighted by Crippen LogP contribution is -2.46. The Labute approximate surface area is 167 Å². The van der Waals surface area contributed by atoms with Crippen LogP contribution < -0.4 is 15.4 Å². The topological polar surface area (TPSA) is 56.8 Å². The molecule has 1 aliphatic heterocycles. The number of para-hydroxylation sites is 2. The molecule has 2 amide bonds. The molecule has 1 heterocycles. The predicted molar refractivity (Wildman–Crippen MR) is 113 cm³/mol. The van der Waals surface area contributed by atoms with Crippen molar-refractivity contribution in [2.45, 2.75) is 13.0 Å². The molecule has 0 aliphatic carbocycles. The van der Waals surface area contributed by atoms with Gasteiger partial charge in [-0.3, -0.25) is 4.90 Å². The number of hydrogen-bond acceptors (Lipinski definition) is 4. The number of carbonyl (C=O) groups is 1. The van der Waals surface area contributed by atoms with Crippen LogP contribution in [0.2, 0.25) is 0 Å². The number of anilines is 1. The van der Waals surface area contributed by atoms with Gasteiger partial charge in [-0.1, -0.05) is 42.5 Å². The Morgan fingerprint density at radius 1 is 0.964 bits per heavy atom. The molecule has 6 heteroatoms. The first-order valence-electron chi connectivity index (χ1n) is 9.91. The fourth-order valence-electron chi connectivity index (χ4n) is 3.43. The summed E-state index contributed by atoms with van der Waals surface area (Å²) in [4.78, 5) is 17.0. The van der Waals surface area contributed by atoms with Crippen molar-refractivity contribution in [2.75, 3.05) is 51.7 Å². The van der Waals surface area contributed by atoms with Gasteiger partial charge in [0, 0.05) is 39.3 Å². The Morgan fingerprint density at radius 2 is 1.64 bits per heavy atom. The summed E-state index contributed by atoms with van der Waals surface area (Å²) in [6.07, 6.45) is 0.942. The van der Waals surface area contributed by atoms with Gasteiger partial charge in [-0.05, 0) is 30.7 Å². The van der Waals surface area contributed by atoms with E-state index in [2.05, 4.69) is 50.8 Å². The molecule has 0 saturated carbocycles.